The minimum Gasteiger partial charge on any atom is -0.300 e. The molecule has 98 valence electrons. The summed E-state index contributed by atoms with van der Waals surface area (Å²) in [5.41, 5.74) is 1.21. The average Bonchev–Trinajstić information content (AvgIpc) is 2.36. The lowest BCUT2D eigenvalue weighted by Crippen LogP contribution is -2.02. The van der Waals surface area contributed by atoms with Gasteiger partial charge in [0.2, 0.25) is 0 Å². The molecule has 0 saturated carbocycles. The number of benzene rings is 1. The van der Waals surface area contributed by atoms with Crippen molar-refractivity contribution in [1.82, 2.24) is 0 Å². The monoisotopic (exact) mass is 308 g/mol. The molecule has 0 spiro atoms. The summed E-state index contributed by atoms with van der Waals surface area (Å²) in [5.74, 6) is 0.422. The van der Waals surface area contributed by atoms with Crippen molar-refractivity contribution in [1.29, 1.82) is 0 Å². The number of hydrogen-bond acceptors (Lipinski definition) is 1. The molecule has 0 saturated heterocycles. The molecule has 1 atom stereocenters. The zero-order valence-electron chi connectivity index (χ0n) is 11.2. The summed E-state index contributed by atoms with van der Waals surface area (Å²) >= 11 is 3.62. The summed E-state index contributed by atoms with van der Waals surface area (Å²) in [6, 6.07) is 10.2. The molecule has 1 nitrogen and oxygen atoms in total. The molecular weight excluding hydrogens is 288 g/mol. The Balaban J connectivity index is 2.82. The summed E-state index contributed by atoms with van der Waals surface area (Å²) in [4.78, 5) is 11.4. The molecule has 0 aliphatic rings. The second kappa shape index (κ2) is 8.25. The van der Waals surface area contributed by atoms with Crippen LogP contribution in [0.25, 0.3) is 0 Å². The molecule has 0 aromatic heterocycles. The molecular formula is C16H21BrO. The third-order valence-corrected chi connectivity index (χ3v) is 3.55. The molecule has 0 amide bonds. The first-order valence-corrected chi connectivity index (χ1v) is 7.33. The Morgan fingerprint density at radius 3 is 2.56 bits per heavy atom. The van der Waals surface area contributed by atoms with Gasteiger partial charge in [0, 0.05) is 12.3 Å². The van der Waals surface area contributed by atoms with E-state index in [-0.39, 0.29) is 11.7 Å². The fraction of sp³-hybridized carbons (Fsp3) is 0.438. The normalized spacial score (nSPS) is 13.4. The first-order chi connectivity index (χ1) is 8.63. The molecule has 0 fully saturated rings. The van der Waals surface area contributed by atoms with E-state index in [1.54, 1.807) is 6.92 Å². The Morgan fingerprint density at radius 1 is 1.33 bits per heavy atom. The Bertz CT molecular complexity index is 395. The second-order valence-corrected chi connectivity index (χ2v) is 5.66. The van der Waals surface area contributed by atoms with E-state index in [1.807, 2.05) is 18.2 Å². The lowest BCUT2D eigenvalue weighted by Gasteiger charge is -2.12. The summed E-state index contributed by atoms with van der Waals surface area (Å²) < 4.78 is 1.21. The minimum atomic E-state index is 0.190. The third kappa shape index (κ3) is 5.63. The van der Waals surface area contributed by atoms with Crippen LogP contribution in [0.2, 0.25) is 0 Å². The maximum absolute atomic E-state index is 11.4. The first-order valence-electron chi connectivity index (χ1n) is 6.54. The number of unbranched alkanes of at least 4 members (excludes halogenated alkanes) is 1. The molecule has 1 aromatic carbocycles. The van der Waals surface area contributed by atoms with Crippen LogP contribution in [0.5, 0.6) is 0 Å². The minimum absolute atomic E-state index is 0.190. The lowest BCUT2D eigenvalue weighted by atomic mass is 9.93. The fourth-order valence-electron chi connectivity index (χ4n) is 1.93. The molecule has 0 aliphatic carbocycles. The Kier molecular flexibility index (Phi) is 6.96. The summed E-state index contributed by atoms with van der Waals surface area (Å²) in [5, 5.41) is 0. The van der Waals surface area contributed by atoms with Crippen LogP contribution in [-0.4, -0.2) is 5.78 Å². The summed E-state index contributed by atoms with van der Waals surface area (Å²) in [7, 11) is 0. The Labute approximate surface area is 118 Å². The number of carbonyl (C=O) groups excluding carboxylic acids is 1. The number of Topliss-reactive ketones (excluding diaryl/α,β-unsaturated/α-hetero) is 1. The molecule has 0 heterocycles. The maximum atomic E-state index is 11.4. The van der Waals surface area contributed by atoms with Gasteiger partial charge in [0.05, 0.1) is 0 Å². The zero-order chi connectivity index (χ0) is 13.4. The van der Waals surface area contributed by atoms with E-state index in [9.17, 15) is 4.79 Å². The van der Waals surface area contributed by atoms with Gasteiger partial charge >= 0.3 is 0 Å². The van der Waals surface area contributed by atoms with E-state index in [2.05, 4.69) is 41.1 Å². The highest BCUT2D eigenvalue weighted by Crippen LogP contribution is 2.26. The number of allylic oxidation sites excluding steroid dienone is 2. The summed E-state index contributed by atoms with van der Waals surface area (Å²) in [6.07, 6.45) is 6.18. The van der Waals surface area contributed by atoms with Gasteiger partial charge in [0.15, 0.2) is 0 Å². The van der Waals surface area contributed by atoms with Crippen molar-refractivity contribution < 1.29 is 4.79 Å². The Hall–Kier alpha value is -0.890. The molecule has 1 rings (SSSR count). The van der Waals surface area contributed by atoms with Gasteiger partial charge in [-0.2, -0.15) is 0 Å². The fourth-order valence-corrected chi connectivity index (χ4v) is 2.53. The van der Waals surface area contributed by atoms with Crippen LogP contribution < -0.4 is 0 Å². The van der Waals surface area contributed by atoms with Gasteiger partial charge in [0.1, 0.15) is 5.78 Å². The van der Waals surface area contributed by atoms with Crippen molar-refractivity contribution in [3.05, 3.63) is 46.5 Å². The zero-order valence-corrected chi connectivity index (χ0v) is 12.7. The highest BCUT2D eigenvalue weighted by Gasteiger charge is 2.11. The quantitative estimate of drug-likeness (QED) is 0.675. The van der Waals surface area contributed by atoms with Crippen LogP contribution >= 0.6 is 15.9 Å². The molecule has 0 bridgehead atoms. The topological polar surface area (TPSA) is 17.1 Å². The molecule has 0 N–H and O–H groups in total. The van der Waals surface area contributed by atoms with Gasteiger partial charge in [-0.15, -0.1) is 0 Å². The van der Waals surface area contributed by atoms with Crippen LogP contribution in [0, 0.1) is 0 Å². The highest BCUT2D eigenvalue weighted by molar-refractivity contribution is 9.11. The van der Waals surface area contributed by atoms with Gasteiger partial charge in [-0.25, -0.2) is 0 Å². The summed E-state index contributed by atoms with van der Waals surface area (Å²) in [6.45, 7) is 3.84. The van der Waals surface area contributed by atoms with Crippen molar-refractivity contribution in [2.75, 3.05) is 0 Å². The standard InChI is InChI=1S/C16H21BrO/c1-3-4-10-16(17)12-15(11-13(2)18)14-8-6-5-7-9-14/h5-9,12,15H,3-4,10-11H2,1-2H3/b16-12-. The number of carbonyl (C=O) groups is 1. The van der Waals surface area contributed by atoms with Gasteiger partial charge in [-0.05, 0) is 29.8 Å². The van der Waals surface area contributed by atoms with Crippen LogP contribution in [0.1, 0.15) is 51.0 Å². The van der Waals surface area contributed by atoms with E-state index in [0.29, 0.717) is 6.42 Å². The lowest BCUT2D eigenvalue weighted by molar-refractivity contribution is -0.117. The van der Waals surface area contributed by atoms with Gasteiger partial charge in [-0.3, -0.25) is 4.79 Å². The molecule has 0 radical (unpaired) electrons. The van der Waals surface area contributed by atoms with Crippen molar-refractivity contribution in [3.8, 4) is 0 Å². The van der Waals surface area contributed by atoms with E-state index >= 15 is 0 Å². The van der Waals surface area contributed by atoms with Crippen LogP contribution in [0.3, 0.4) is 0 Å². The molecule has 1 aromatic rings. The first kappa shape index (κ1) is 15.2. The molecule has 2 heteroatoms. The predicted octanol–water partition coefficient (Wildman–Crippen LogP) is 5.22. The number of halogens is 1. The molecule has 1 unspecified atom stereocenters. The Morgan fingerprint density at radius 2 is 2.00 bits per heavy atom. The van der Waals surface area contributed by atoms with Gasteiger partial charge in [0.25, 0.3) is 0 Å². The molecule has 18 heavy (non-hydrogen) atoms. The smallest absolute Gasteiger partial charge is 0.130 e. The third-order valence-electron chi connectivity index (χ3n) is 2.89. The largest absolute Gasteiger partial charge is 0.300 e. The van der Waals surface area contributed by atoms with Crippen LogP contribution in [0.4, 0.5) is 0 Å². The number of rotatable bonds is 7. The van der Waals surface area contributed by atoms with Crippen molar-refractivity contribution >= 4 is 21.7 Å². The van der Waals surface area contributed by atoms with Crippen molar-refractivity contribution in [3.63, 3.8) is 0 Å². The second-order valence-electron chi connectivity index (χ2n) is 4.64. The van der Waals surface area contributed by atoms with Crippen molar-refractivity contribution in [2.24, 2.45) is 0 Å². The van der Waals surface area contributed by atoms with Crippen LogP contribution in [-0.2, 0) is 4.79 Å². The van der Waals surface area contributed by atoms with E-state index < -0.39 is 0 Å². The number of ketones is 1. The number of hydrogen-bond donors (Lipinski definition) is 0. The van der Waals surface area contributed by atoms with E-state index in [1.165, 1.54) is 22.9 Å². The molecule has 0 aliphatic heterocycles. The van der Waals surface area contributed by atoms with Gasteiger partial charge < -0.3 is 0 Å². The predicted molar refractivity (Wildman–Crippen MR) is 81.0 cm³/mol. The SMILES string of the molecule is CCCC/C(Br)=C/C(CC(C)=O)c1ccccc1. The highest BCUT2D eigenvalue weighted by atomic mass is 79.9. The maximum Gasteiger partial charge on any atom is 0.130 e. The van der Waals surface area contributed by atoms with E-state index in [4.69, 9.17) is 0 Å². The van der Waals surface area contributed by atoms with Gasteiger partial charge in [-0.1, -0.05) is 65.7 Å². The average molecular weight is 309 g/mol. The van der Waals surface area contributed by atoms with E-state index in [0.717, 1.165) is 6.42 Å². The van der Waals surface area contributed by atoms with Crippen LogP contribution in [0.15, 0.2) is 40.9 Å². The van der Waals surface area contributed by atoms with Crippen molar-refractivity contribution in [2.45, 2.75) is 45.4 Å².